The van der Waals surface area contributed by atoms with Crippen LogP contribution in [0.3, 0.4) is 0 Å². The third-order valence-electron chi connectivity index (χ3n) is 6.00. The van der Waals surface area contributed by atoms with Crippen LogP contribution in [0.5, 0.6) is 5.75 Å². The lowest BCUT2D eigenvalue weighted by Gasteiger charge is -2.28. The molecule has 13 heteroatoms. The monoisotopic (exact) mass is 596 g/mol. The summed E-state index contributed by atoms with van der Waals surface area (Å²) in [6.07, 6.45) is 3.95. The van der Waals surface area contributed by atoms with Crippen LogP contribution in [0, 0.1) is 0 Å². The van der Waals surface area contributed by atoms with Gasteiger partial charge in [0, 0.05) is 42.4 Å². The molecule has 2 amide bonds. The molecule has 0 unspecified atom stereocenters. The van der Waals surface area contributed by atoms with Crippen molar-refractivity contribution in [1.29, 1.82) is 0 Å². The maximum Gasteiger partial charge on any atom is 0.407 e. The number of sulfonamides is 1. The van der Waals surface area contributed by atoms with Gasteiger partial charge >= 0.3 is 12.2 Å². The second kappa shape index (κ2) is 13.6. The fraction of sp³-hybridized carbons (Fsp3) is 0.593. The van der Waals surface area contributed by atoms with Crippen molar-refractivity contribution >= 4 is 33.5 Å². The molecule has 0 aliphatic heterocycles. The molecule has 0 saturated heterocycles. The molecule has 1 aliphatic rings. The largest absolute Gasteiger partial charge is 0.490 e. The summed E-state index contributed by atoms with van der Waals surface area (Å²) >= 11 is 1.48. The Morgan fingerprint density at radius 1 is 1.10 bits per heavy atom. The molecule has 0 atom stereocenters. The molecule has 11 nitrogen and oxygen atoms in total. The second-order valence-electron chi connectivity index (χ2n) is 11.0. The topological polar surface area (TPSA) is 145 Å². The van der Waals surface area contributed by atoms with Crippen LogP contribution < -0.4 is 20.1 Å². The molecule has 1 aromatic carbocycles. The summed E-state index contributed by atoms with van der Waals surface area (Å²) in [7, 11) is -2.45. The number of rotatable bonds is 10. The molecule has 3 N–H and O–H groups in total. The van der Waals surface area contributed by atoms with E-state index in [9.17, 15) is 18.0 Å². The van der Waals surface area contributed by atoms with Crippen LogP contribution in [0.1, 0.15) is 71.2 Å². The Balaban J connectivity index is 1.77. The minimum Gasteiger partial charge on any atom is -0.490 e. The Hall–Kier alpha value is -2.90. The van der Waals surface area contributed by atoms with Crippen LogP contribution in [0.25, 0.3) is 10.4 Å². The summed E-state index contributed by atoms with van der Waals surface area (Å²) in [6, 6.07) is 4.95. The summed E-state index contributed by atoms with van der Waals surface area (Å²) in [4.78, 5) is 28.7. The van der Waals surface area contributed by atoms with Gasteiger partial charge in [0.05, 0.1) is 20.9 Å². The molecule has 1 aliphatic carbocycles. The highest BCUT2D eigenvalue weighted by atomic mass is 32.2. The Bertz CT molecular complexity index is 1260. The van der Waals surface area contributed by atoms with Crippen LogP contribution >= 0.6 is 11.3 Å². The number of aromatic nitrogens is 1. The lowest BCUT2D eigenvalue weighted by atomic mass is 9.86. The van der Waals surface area contributed by atoms with Gasteiger partial charge in [-0.1, -0.05) is 0 Å². The van der Waals surface area contributed by atoms with Gasteiger partial charge in [-0.3, -0.25) is 0 Å². The first-order valence-corrected chi connectivity index (χ1v) is 15.7. The highest BCUT2D eigenvalue weighted by molar-refractivity contribution is 7.89. The maximum absolute atomic E-state index is 13.4. The molecule has 1 fully saturated rings. The van der Waals surface area contributed by atoms with E-state index in [1.807, 2.05) is 13.8 Å². The van der Waals surface area contributed by atoms with Crippen LogP contribution in [0.4, 0.5) is 9.59 Å². The van der Waals surface area contributed by atoms with E-state index in [4.69, 9.17) is 14.2 Å². The number of nitrogens with zero attached hydrogens (tertiary/aromatic N) is 1. The van der Waals surface area contributed by atoms with Crippen LogP contribution in [-0.2, 0) is 19.5 Å². The normalized spacial score (nSPS) is 17.8. The fourth-order valence-corrected chi connectivity index (χ4v) is 7.19. The van der Waals surface area contributed by atoms with Crippen molar-refractivity contribution in [2.45, 2.75) is 88.8 Å². The van der Waals surface area contributed by atoms with Crippen molar-refractivity contribution in [2.24, 2.45) is 0 Å². The number of thiazole rings is 1. The van der Waals surface area contributed by atoms with E-state index in [0.29, 0.717) is 11.3 Å². The molecule has 40 heavy (non-hydrogen) atoms. The lowest BCUT2D eigenvalue weighted by Crippen LogP contribution is -2.40. The fourth-order valence-electron chi connectivity index (χ4n) is 4.34. The first-order chi connectivity index (χ1) is 18.8. The third-order valence-corrected chi connectivity index (χ3v) is 8.99. The number of ether oxygens (including phenoxy) is 3. The first kappa shape index (κ1) is 31.6. The number of nitrogens with one attached hydrogen (secondary N) is 3. The number of hydrogen-bond acceptors (Lipinski definition) is 9. The maximum atomic E-state index is 13.4. The molecular formula is C27H40N4O7S2. The quantitative estimate of drug-likeness (QED) is 0.332. The summed E-state index contributed by atoms with van der Waals surface area (Å²) in [6.45, 7) is 9.04. The molecule has 1 saturated carbocycles. The molecule has 0 radical (unpaired) electrons. The number of carbonyl (C=O) groups excluding carboxylic acids is 2. The summed E-state index contributed by atoms with van der Waals surface area (Å²) in [5.74, 6) is 0.568. The van der Waals surface area contributed by atoms with Gasteiger partial charge in [-0.15, -0.1) is 11.3 Å². The Morgan fingerprint density at radius 3 is 2.42 bits per heavy atom. The molecule has 222 valence electrons. The van der Waals surface area contributed by atoms with Crippen LogP contribution in [-0.4, -0.2) is 63.5 Å². The predicted molar refractivity (Wildman–Crippen MR) is 153 cm³/mol. The second-order valence-corrected chi connectivity index (χ2v) is 13.7. The zero-order valence-corrected chi connectivity index (χ0v) is 25.5. The molecule has 0 bridgehead atoms. The van der Waals surface area contributed by atoms with Gasteiger partial charge in [0.15, 0.2) is 0 Å². The standard InChI is InChI=1S/C27H40N4O7S2/c1-17(2)38-26(33)30-19-9-7-18(8-10-19)24-29-16-22(39-24)21-12-11-20(36-13-14-37-25(32)28-6)15-23(21)40(34,35)31-27(3,4)5/h11-12,15-19,31H,7-10,13-14H2,1-6H3,(H,28,32)(H,30,33)/t18-,19-. The van der Waals surface area contributed by atoms with E-state index in [-0.39, 0.29) is 42.3 Å². The van der Waals surface area contributed by atoms with E-state index < -0.39 is 21.7 Å². The van der Waals surface area contributed by atoms with E-state index in [0.717, 1.165) is 35.6 Å². The number of alkyl carbamates (subject to hydrolysis) is 2. The van der Waals surface area contributed by atoms with Crippen molar-refractivity contribution in [3.8, 4) is 16.2 Å². The summed E-state index contributed by atoms with van der Waals surface area (Å²) in [5, 5.41) is 6.23. The Morgan fingerprint density at radius 2 is 1.80 bits per heavy atom. The average molecular weight is 597 g/mol. The molecule has 0 spiro atoms. The van der Waals surface area contributed by atoms with Gasteiger partial charge in [-0.05, 0) is 72.4 Å². The predicted octanol–water partition coefficient (Wildman–Crippen LogP) is 4.78. The minimum absolute atomic E-state index is 0.0125. The molecular weight excluding hydrogens is 556 g/mol. The van der Waals surface area contributed by atoms with Crippen LogP contribution in [0.15, 0.2) is 29.3 Å². The number of benzene rings is 1. The molecule has 3 rings (SSSR count). The van der Waals surface area contributed by atoms with Crippen molar-refractivity contribution in [3.05, 3.63) is 29.4 Å². The Labute approximate surface area is 240 Å². The van der Waals surface area contributed by atoms with Gasteiger partial charge in [0.1, 0.15) is 19.0 Å². The SMILES string of the molecule is CNC(=O)OCCOc1ccc(-c2cnc([C@H]3CC[C@H](NC(=O)OC(C)C)CC3)s2)c(S(=O)(=O)NC(C)(C)C)c1. The first-order valence-electron chi connectivity index (χ1n) is 13.4. The molecule has 1 aromatic heterocycles. The molecule has 1 heterocycles. The van der Waals surface area contributed by atoms with Gasteiger partial charge in [0.2, 0.25) is 10.0 Å². The van der Waals surface area contributed by atoms with Crippen molar-refractivity contribution in [1.82, 2.24) is 20.3 Å². The van der Waals surface area contributed by atoms with Crippen molar-refractivity contribution in [2.75, 3.05) is 20.3 Å². The minimum atomic E-state index is -3.91. The lowest BCUT2D eigenvalue weighted by molar-refractivity contribution is 0.109. The summed E-state index contributed by atoms with van der Waals surface area (Å²) < 4.78 is 45.4. The average Bonchev–Trinajstić information content (AvgIpc) is 3.35. The van der Waals surface area contributed by atoms with E-state index in [1.54, 1.807) is 39.1 Å². The zero-order valence-electron chi connectivity index (χ0n) is 23.9. The highest BCUT2D eigenvalue weighted by Crippen LogP contribution is 2.40. The third kappa shape index (κ3) is 9.34. The Kier molecular flexibility index (Phi) is 10.8. The number of hydrogen-bond donors (Lipinski definition) is 3. The van der Waals surface area contributed by atoms with Gasteiger partial charge in [0.25, 0.3) is 0 Å². The number of carbonyl (C=O) groups is 2. The van der Waals surface area contributed by atoms with E-state index in [2.05, 4.69) is 20.3 Å². The zero-order chi connectivity index (χ0) is 29.5. The molecule has 2 aromatic rings. The van der Waals surface area contributed by atoms with Crippen LogP contribution in [0.2, 0.25) is 0 Å². The van der Waals surface area contributed by atoms with Crippen molar-refractivity contribution in [3.63, 3.8) is 0 Å². The highest BCUT2D eigenvalue weighted by Gasteiger charge is 2.29. The van der Waals surface area contributed by atoms with E-state index in [1.165, 1.54) is 24.5 Å². The summed E-state index contributed by atoms with van der Waals surface area (Å²) in [5.41, 5.74) is -0.164. The van der Waals surface area contributed by atoms with Gasteiger partial charge < -0.3 is 24.8 Å². The van der Waals surface area contributed by atoms with Gasteiger partial charge in [-0.2, -0.15) is 0 Å². The smallest absolute Gasteiger partial charge is 0.407 e. The number of amides is 2. The van der Waals surface area contributed by atoms with E-state index >= 15 is 0 Å². The van der Waals surface area contributed by atoms with Crippen molar-refractivity contribution < 1.29 is 32.2 Å². The van der Waals surface area contributed by atoms with Gasteiger partial charge in [-0.25, -0.2) is 27.7 Å².